The van der Waals surface area contributed by atoms with E-state index in [0.29, 0.717) is 32.4 Å². The number of Topliss-reactive ketones (excluding diaryl/α,β-unsaturated/α-hetero) is 1. The first-order valence-electron chi connectivity index (χ1n) is 11.0. The van der Waals surface area contributed by atoms with Gasteiger partial charge in [-0.3, -0.25) is 14.5 Å². The van der Waals surface area contributed by atoms with Crippen molar-refractivity contribution in [2.45, 2.75) is 65.6 Å². The Kier molecular flexibility index (Phi) is 6.74. The summed E-state index contributed by atoms with van der Waals surface area (Å²) in [5.74, 6) is -0.230. The minimum absolute atomic E-state index is 0.0203. The van der Waals surface area contributed by atoms with Gasteiger partial charge in [0.05, 0.1) is 6.10 Å². The van der Waals surface area contributed by atoms with E-state index >= 15 is 0 Å². The smallest absolute Gasteiger partial charge is 0.410 e. The van der Waals surface area contributed by atoms with E-state index in [2.05, 4.69) is 0 Å². The minimum atomic E-state index is -0.605. The Morgan fingerprint density at radius 3 is 2.45 bits per heavy atom. The maximum absolute atomic E-state index is 12.8. The van der Waals surface area contributed by atoms with Crippen molar-refractivity contribution < 1.29 is 24.2 Å². The highest BCUT2D eigenvalue weighted by atomic mass is 16.6. The number of aliphatic hydroxyl groups is 1. The number of hydrogen-bond donors (Lipinski definition) is 1. The van der Waals surface area contributed by atoms with Crippen LogP contribution < -0.4 is 4.90 Å². The van der Waals surface area contributed by atoms with Gasteiger partial charge in [0.1, 0.15) is 17.9 Å². The fourth-order valence-corrected chi connectivity index (χ4v) is 4.26. The number of hydrogen-bond acceptors (Lipinski definition) is 5. The number of benzene rings is 1. The zero-order valence-corrected chi connectivity index (χ0v) is 19.2. The summed E-state index contributed by atoms with van der Waals surface area (Å²) in [6.45, 7) is 9.76. The lowest BCUT2D eigenvalue weighted by atomic mass is 9.79. The maximum atomic E-state index is 12.8. The van der Waals surface area contributed by atoms with Crippen molar-refractivity contribution in [2.24, 2.45) is 11.8 Å². The second-order valence-electron chi connectivity index (χ2n) is 9.90. The van der Waals surface area contributed by atoms with Crippen LogP contribution in [0.4, 0.5) is 10.5 Å². The van der Waals surface area contributed by atoms with Crippen LogP contribution in [0.2, 0.25) is 0 Å². The molecule has 1 N–H and O–H groups in total. The number of amides is 2. The standard InChI is InChI=1S/C24H34N2O5/c1-15-10-19-12-20(7-6-17(19)11-18(16(2)27)13-21(15)28)26-9-8-25(14-22(26)29)23(30)31-24(3,4)5/h6-7,12,15,18,21,28H,8-11,13-14H2,1-5H3/t15-,18?,21-/m1/s1. The molecular weight excluding hydrogens is 396 g/mol. The molecular formula is C24H34N2O5. The van der Waals surface area contributed by atoms with Crippen LogP contribution in [0.15, 0.2) is 18.2 Å². The van der Waals surface area contributed by atoms with Crippen molar-refractivity contribution in [2.75, 3.05) is 24.5 Å². The number of anilines is 1. The monoisotopic (exact) mass is 430 g/mol. The van der Waals surface area contributed by atoms with Crippen molar-refractivity contribution in [3.8, 4) is 0 Å². The number of ketones is 1. The Hall–Kier alpha value is -2.41. The summed E-state index contributed by atoms with van der Waals surface area (Å²) in [5.41, 5.74) is 2.35. The van der Waals surface area contributed by atoms with Gasteiger partial charge < -0.3 is 14.7 Å². The topological polar surface area (TPSA) is 87.2 Å². The number of carbonyl (C=O) groups excluding carboxylic acids is 3. The fraction of sp³-hybridized carbons (Fsp3) is 0.625. The van der Waals surface area contributed by atoms with E-state index in [1.165, 1.54) is 4.90 Å². The summed E-state index contributed by atoms with van der Waals surface area (Å²) in [5, 5.41) is 10.5. The molecule has 1 saturated heterocycles. The van der Waals surface area contributed by atoms with Crippen molar-refractivity contribution >= 4 is 23.5 Å². The van der Waals surface area contributed by atoms with Gasteiger partial charge in [-0.25, -0.2) is 4.79 Å². The minimum Gasteiger partial charge on any atom is -0.444 e. The number of carbonyl (C=O) groups is 3. The maximum Gasteiger partial charge on any atom is 0.410 e. The van der Waals surface area contributed by atoms with Crippen LogP contribution in [0.1, 0.15) is 52.2 Å². The quantitative estimate of drug-likeness (QED) is 0.780. The molecule has 7 nitrogen and oxygen atoms in total. The Bertz CT molecular complexity index is 860. The highest BCUT2D eigenvalue weighted by molar-refractivity contribution is 5.97. The van der Waals surface area contributed by atoms with Gasteiger partial charge in [-0.15, -0.1) is 0 Å². The third-order valence-electron chi connectivity index (χ3n) is 6.14. The van der Waals surface area contributed by atoms with E-state index in [9.17, 15) is 19.5 Å². The van der Waals surface area contributed by atoms with Gasteiger partial charge in [-0.05, 0) is 76.1 Å². The first kappa shape index (κ1) is 23.3. The molecule has 3 rings (SSSR count). The number of rotatable bonds is 2. The van der Waals surface area contributed by atoms with Crippen LogP contribution in [-0.4, -0.2) is 59.1 Å². The number of fused-ring (bicyclic) bond motifs is 1. The third-order valence-corrected chi connectivity index (χ3v) is 6.14. The normalized spacial score (nSPS) is 24.8. The Balaban J connectivity index is 1.78. The molecule has 0 radical (unpaired) electrons. The van der Waals surface area contributed by atoms with Crippen molar-refractivity contribution in [3.05, 3.63) is 29.3 Å². The van der Waals surface area contributed by atoms with Gasteiger partial charge >= 0.3 is 6.09 Å². The summed E-state index contributed by atoms with van der Waals surface area (Å²) in [6.07, 6.45) is 0.792. The highest BCUT2D eigenvalue weighted by Gasteiger charge is 2.32. The molecule has 1 aromatic carbocycles. The van der Waals surface area contributed by atoms with E-state index in [-0.39, 0.29) is 30.1 Å². The molecule has 1 aliphatic heterocycles. The molecule has 1 aromatic rings. The molecule has 31 heavy (non-hydrogen) atoms. The van der Waals surface area contributed by atoms with Crippen LogP contribution >= 0.6 is 0 Å². The fourth-order valence-electron chi connectivity index (χ4n) is 4.26. The number of piperazine rings is 1. The Morgan fingerprint density at radius 2 is 1.84 bits per heavy atom. The number of nitrogens with zero attached hydrogens (tertiary/aromatic N) is 2. The molecule has 0 bridgehead atoms. The summed E-state index contributed by atoms with van der Waals surface area (Å²) in [7, 11) is 0. The molecule has 1 fully saturated rings. The van der Waals surface area contributed by atoms with E-state index in [1.54, 1.807) is 32.6 Å². The van der Waals surface area contributed by atoms with Crippen LogP contribution in [0, 0.1) is 11.8 Å². The van der Waals surface area contributed by atoms with Crippen molar-refractivity contribution in [1.29, 1.82) is 0 Å². The Labute approximate surface area is 184 Å². The van der Waals surface area contributed by atoms with Crippen LogP contribution in [0.3, 0.4) is 0 Å². The van der Waals surface area contributed by atoms with E-state index in [0.717, 1.165) is 16.8 Å². The van der Waals surface area contributed by atoms with Gasteiger partial charge in [0.15, 0.2) is 0 Å². The van der Waals surface area contributed by atoms with Crippen molar-refractivity contribution in [1.82, 2.24) is 4.90 Å². The molecule has 2 aliphatic rings. The summed E-state index contributed by atoms with van der Waals surface area (Å²) in [6, 6.07) is 5.92. The second kappa shape index (κ2) is 8.99. The average molecular weight is 431 g/mol. The first-order chi connectivity index (χ1) is 14.4. The van der Waals surface area contributed by atoms with Gasteiger partial charge in [0.2, 0.25) is 5.91 Å². The van der Waals surface area contributed by atoms with E-state index < -0.39 is 17.8 Å². The molecule has 1 aliphatic carbocycles. The summed E-state index contributed by atoms with van der Waals surface area (Å²) < 4.78 is 5.38. The lowest BCUT2D eigenvalue weighted by molar-refractivity contribution is -0.122. The molecule has 1 unspecified atom stereocenters. The van der Waals surface area contributed by atoms with E-state index in [4.69, 9.17) is 4.74 Å². The molecule has 1 heterocycles. The lowest BCUT2D eigenvalue weighted by Gasteiger charge is -2.36. The highest BCUT2D eigenvalue weighted by Crippen LogP contribution is 2.31. The third kappa shape index (κ3) is 5.64. The number of aliphatic hydroxyl groups excluding tert-OH is 1. The van der Waals surface area contributed by atoms with Gasteiger partial charge in [0.25, 0.3) is 0 Å². The summed E-state index contributed by atoms with van der Waals surface area (Å²) in [4.78, 5) is 40.3. The van der Waals surface area contributed by atoms with Crippen LogP contribution in [-0.2, 0) is 27.2 Å². The Morgan fingerprint density at radius 1 is 1.13 bits per heavy atom. The largest absolute Gasteiger partial charge is 0.444 e. The van der Waals surface area contributed by atoms with Crippen LogP contribution in [0.5, 0.6) is 0 Å². The molecule has 0 saturated carbocycles. The van der Waals surface area contributed by atoms with E-state index in [1.807, 2.05) is 25.1 Å². The predicted octanol–water partition coefficient (Wildman–Crippen LogP) is 2.96. The SMILES string of the molecule is CC(=O)C1Cc2ccc(N3CCN(C(=O)OC(C)(C)C)CC3=O)cc2C[C@@H](C)[C@H](O)C1. The molecule has 7 heteroatoms. The summed E-state index contributed by atoms with van der Waals surface area (Å²) >= 11 is 0. The predicted molar refractivity (Wildman–Crippen MR) is 118 cm³/mol. The molecule has 2 amide bonds. The molecule has 3 atom stereocenters. The van der Waals surface area contributed by atoms with Gasteiger partial charge in [0, 0.05) is 24.7 Å². The molecule has 0 aromatic heterocycles. The van der Waals surface area contributed by atoms with Gasteiger partial charge in [-0.2, -0.15) is 0 Å². The average Bonchev–Trinajstić information content (AvgIpc) is 2.65. The molecule has 0 spiro atoms. The van der Waals surface area contributed by atoms with Crippen LogP contribution in [0.25, 0.3) is 0 Å². The second-order valence-corrected chi connectivity index (χ2v) is 9.90. The number of ether oxygens (including phenoxy) is 1. The lowest BCUT2D eigenvalue weighted by Crippen LogP contribution is -2.53. The zero-order valence-electron chi connectivity index (χ0n) is 19.2. The zero-order chi connectivity index (χ0) is 22.9. The van der Waals surface area contributed by atoms with Gasteiger partial charge in [-0.1, -0.05) is 13.0 Å². The van der Waals surface area contributed by atoms with Crippen molar-refractivity contribution in [3.63, 3.8) is 0 Å². The molecule has 170 valence electrons. The first-order valence-corrected chi connectivity index (χ1v) is 11.0.